The van der Waals surface area contributed by atoms with Gasteiger partial charge in [0.15, 0.2) is 0 Å². The Morgan fingerprint density at radius 3 is 2.50 bits per heavy atom. The Morgan fingerprint density at radius 2 is 2.00 bits per heavy atom. The van der Waals surface area contributed by atoms with Crippen LogP contribution in [-0.2, 0) is 14.4 Å². The van der Waals surface area contributed by atoms with Crippen molar-refractivity contribution in [1.29, 1.82) is 0 Å². The lowest BCUT2D eigenvalue weighted by atomic mass is 9.99. The number of nitrogens with two attached hydrogens (primary N) is 1. The number of hydrogen-bond acceptors (Lipinski definition) is 4. The van der Waals surface area contributed by atoms with Gasteiger partial charge in [-0.3, -0.25) is 19.3 Å². The SMILES string of the molecule is CC1CCN(C(=O)C(=O)N(C=O)CCCN)CC1. The molecule has 18 heavy (non-hydrogen) atoms. The highest BCUT2D eigenvalue weighted by Crippen LogP contribution is 2.16. The molecule has 0 bridgehead atoms. The van der Waals surface area contributed by atoms with Gasteiger partial charge in [-0.2, -0.15) is 0 Å². The molecule has 2 N–H and O–H groups in total. The number of imide groups is 1. The molecule has 0 aliphatic carbocycles. The van der Waals surface area contributed by atoms with Crippen molar-refractivity contribution in [3.05, 3.63) is 0 Å². The fourth-order valence-corrected chi connectivity index (χ4v) is 1.93. The topological polar surface area (TPSA) is 83.7 Å². The van der Waals surface area contributed by atoms with Gasteiger partial charge in [0.1, 0.15) is 0 Å². The maximum atomic E-state index is 11.9. The zero-order valence-corrected chi connectivity index (χ0v) is 10.8. The van der Waals surface area contributed by atoms with Crippen molar-refractivity contribution in [1.82, 2.24) is 9.80 Å². The summed E-state index contributed by atoms with van der Waals surface area (Å²) in [6.45, 7) is 3.90. The van der Waals surface area contributed by atoms with E-state index in [1.165, 1.54) is 4.90 Å². The monoisotopic (exact) mass is 255 g/mol. The summed E-state index contributed by atoms with van der Waals surface area (Å²) in [5.74, 6) is -0.734. The van der Waals surface area contributed by atoms with Gasteiger partial charge in [0.2, 0.25) is 6.41 Å². The summed E-state index contributed by atoms with van der Waals surface area (Å²) >= 11 is 0. The highest BCUT2D eigenvalue weighted by Gasteiger charge is 2.28. The molecule has 1 aliphatic rings. The quantitative estimate of drug-likeness (QED) is 0.546. The number of likely N-dealkylation sites (tertiary alicyclic amines) is 1. The zero-order valence-electron chi connectivity index (χ0n) is 10.8. The summed E-state index contributed by atoms with van der Waals surface area (Å²) in [6, 6.07) is 0. The smallest absolute Gasteiger partial charge is 0.318 e. The van der Waals surface area contributed by atoms with Crippen molar-refractivity contribution in [2.24, 2.45) is 11.7 Å². The lowest BCUT2D eigenvalue weighted by Gasteiger charge is -2.30. The van der Waals surface area contributed by atoms with Crippen molar-refractivity contribution in [2.75, 3.05) is 26.2 Å². The van der Waals surface area contributed by atoms with Crippen LogP contribution < -0.4 is 5.73 Å². The van der Waals surface area contributed by atoms with Gasteiger partial charge in [0, 0.05) is 19.6 Å². The fourth-order valence-electron chi connectivity index (χ4n) is 1.93. The first-order valence-electron chi connectivity index (χ1n) is 6.35. The number of carbonyl (C=O) groups excluding carboxylic acids is 3. The normalized spacial score (nSPS) is 16.4. The third-order valence-electron chi connectivity index (χ3n) is 3.25. The highest BCUT2D eigenvalue weighted by molar-refractivity contribution is 6.36. The summed E-state index contributed by atoms with van der Waals surface area (Å²) in [5.41, 5.74) is 5.32. The Hall–Kier alpha value is -1.43. The van der Waals surface area contributed by atoms with Crippen LogP contribution >= 0.6 is 0 Å². The molecule has 0 aromatic rings. The lowest BCUT2D eigenvalue weighted by Crippen LogP contribution is -2.47. The molecular weight excluding hydrogens is 234 g/mol. The molecule has 1 fully saturated rings. The van der Waals surface area contributed by atoms with Crippen molar-refractivity contribution >= 4 is 18.2 Å². The maximum Gasteiger partial charge on any atom is 0.318 e. The number of piperidine rings is 1. The number of carbonyl (C=O) groups is 3. The molecule has 0 unspecified atom stereocenters. The second-order valence-corrected chi connectivity index (χ2v) is 4.72. The Morgan fingerprint density at radius 1 is 1.39 bits per heavy atom. The molecule has 1 aliphatic heterocycles. The van der Waals surface area contributed by atoms with Crippen LogP contribution in [0.4, 0.5) is 0 Å². The number of hydrogen-bond donors (Lipinski definition) is 1. The molecule has 3 amide bonds. The predicted octanol–water partition coefficient (Wildman–Crippen LogP) is -0.421. The van der Waals surface area contributed by atoms with Gasteiger partial charge >= 0.3 is 11.8 Å². The Labute approximate surface area is 107 Å². The first-order chi connectivity index (χ1) is 8.60. The third-order valence-corrected chi connectivity index (χ3v) is 3.25. The number of rotatable bonds is 4. The van der Waals surface area contributed by atoms with Crippen LogP contribution in [0.5, 0.6) is 0 Å². The van der Waals surface area contributed by atoms with E-state index in [1.807, 2.05) is 0 Å². The molecule has 1 rings (SSSR count). The molecular formula is C12H21N3O3. The van der Waals surface area contributed by atoms with Crippen molar-refractivity contribution in [3.63, 3.8) is 0 Å². The van der Waals surface area contributed by atoms with E-state index in [0.717, 1.165) is 17.7 Å². The van der Waals surface area contributed by atoms with E-state index in [4.69, 9.17) is 5.73 Å². The van der Waals surface area contributed by atoms with Gasteiger partial charge in [0.25, 0.3) is 0 Å². The molecule has 0 atom stereocenters. The van der Waals surface area contributed by atoms with E-state index in [-0.39, 0.29) is 6.54 Å². The minimum absolute atomic E-state index is 0.203. The van der Waals surface area contributed by atoms with Crippen LogP contribution in [0.3, 0.4) is 0 Å². The summed E-state index contributed by atoms with van der Waals surface area (Å²) in [4.78, 5) is 37.0. The molecule has 0 aromatic carbocycles. The van der Waals surface area contributed by atoms with Crippen LogP contribution in [0.25, 0.3) is 0 Å². The van der Waals surface area contributed by atoms with Crippen LogP contribution in [0.2, 0.25) is 0 Å². The highest BCUT2D eigenvalue weighted by atomic mass is 16.2. The predicted molar refractivity (Wildman–Crippen MR) is 66.4 cm³/mol. The minimum atomic E-state index is -0.743. The van der Waals surface area contributed by atoms with Crippen molar-refractivity contribution < 1.29 is 14.4 Å². The number of amides is 3. The molecule has 0 spiro atoms. The van der Waals surface area contributed by atoms with E-state index in [0.29, 0.717) is 38.4 Å². The van der Waals surface area contributed by atoms with Gasteiger partial charge in [0.05, 0.1) is 0 Å². The van der Waals surface area contributed by atoms with Crippen LogP contribution in [0, 0.1) is 5.92 Å². The molecule has 102 valence electrons. The van der Waals surface area contributed by atoms with E-state index < -0.39 is 11.8 Å². The van der Waals surface area contributed by atoms with Gasteiger partial charge in [-0.05, 0) is 31.7 Å². The standard InChI is InChI=1S/C12H21N3O3/c1-10-3-7-14(8-4-10)11(17)12(18)15(9-16)6-2-5-13/h9-10H,2-8,13H2,1H3. The van der Waals surface area contributed by atoms with Gasteiger partial charge < -0.3 is 10.6 Å². The summed E-state index contributed by atoms with van der Waals surface area (Å²) < 4.78 is 0. The van der Waals surface area contributed by atoms with E-state index >= 15 is 0 Å². The minimum Gasteiger partial charge on any atom is -0.334 e. The average Bonchev–Trinajstić information content (AvgIpc) is 2.39. The Bertz CT molecular complexity index is 312. The Balaban J connectivity index is 2.53. The summed E-state index contributed by atoms with van der Waals surface area (Å²) in [6.07, 6.45) is 2.73. The van der Waals surface area contributed by atoms with E-state index in [2.05, 4.69) is 6.92 Å². The largest absolute Gasteiger partial charge is 0.334 e. The molecule has 1 saturated heterocycles. The van der Waals surface area contributed by atoms with Gasteiger partial charge in [-0.1, -0.05) is 6.92 Å². The average molecular weight is 255 g/mol. The first kappa shape index (κ1) is 14.6. The van der Waals surface area contributed by atoms with Crippen molar-refractivity contribution in [2.45, 2.75) is 26.2 Å². The molecule has 6 heteroatoms. The lowest BCUT2D eigenvalue weighted by molar-refractivity contribution is -0.154. The third kappa shape index (κ3) is 3.80. The van der Waals surface area contributed by atoms with Gasteiger partial charge in [-0.25, -0.2) is 0 Å². The molecule has 1 heterocycles. The fraction of sp³-hybridized carbons (Fsp3) is 0.750. The van der Waals surface area contributed by atoms with Crippen LogP contribution in [0.1, 0.15) is 26.2 Å². The molecule has 0 saturated carbocycles. The first-order valence-corrected chi connectivity index (χ1v) is 6.35. The second-order valence-electron chi connectivity index (χ2n) is 4.72. The van der Waals surface area contributed by atoms with Crippen LogP contribution in [-0.4, -0.2) is 54.2 Å². The second kappa shape index (κ2) is 7.10. The molecule has 6 nitrogen and oxygen atoms in total. The van der Waals surface area contributed by atoms with E-state index in [9.17, 15) is 14.4 Å². The number of nitrogens with zero attached hydrogens (tertiary/aromatic N) is 2. The van der Waals surface area contributed by atoms with Crippen molar-refractivity contribution in [3.8, 4) is 0 Å². The maximum absolute atomic E-state index is 11.9. The zero-order chi connectivity index (χ0) is 13.5. The molecule has 0 radical (unpaired) electrons. The van der Waals surface area contributed by atoms with E-state index in [1.54, 1.807) is 0 Å². The Kier molecular flexibility index (Phi) is 5.77. The molecule has 0 aromatic heterocycles. The van der Waals surface area contributed by atoms with Crippen LogP contribution in [0.15, 0.2) is 0 Å². The van der Waals surface area contributed by atoms with Gasteiger partial charge in [-0.15, -0.1) is 0 Å². The summed E-state index contributed by atoms with van der Waals surface area (Å²) in [5, 5.41) is 0. The summed E-state index contributed by atoms with van der Waals surface area (Å²) in [7, 11) is 0.